The fourth-order valence-corrected chi connectivity index (χ4v) is 6.52. The van der Waals surface area contributed by atoms with Crippen molar-refractivity contribution >= 4 is 38.4 Å². The Morgan fingerprint density at radius 1 is 1.12 bits per heavy atom. The molecule has 14 heteroatoms. The number of para-hydroxylation sites is 1. The highest BCUT2D eigenvalue weighted by Crippen LogP contribution is 2.35. The summed E-state index contributed by atoms with van der Waals surface area (Å²) in [5, 5.41) is 0.535. The minimum absolute atomic E-state index is 0.0124. The van der Waals surface area contributed by atoms with Gasteiger partial charge < -0.3 is 24.9 Å². The van der Waals surface area contributed by atoms with Crippen LogP contribution in [-0.2, 0) is 14.8 Å². The monoisotopic (exact) mass is 609 g/mol. The highest BCUT2D eigenvalue weighted by molar-refractivity contribution is 7.89. The fourth-order valence-electron chi connectivity index (χ4n) is 4.56. The maximum atomic E-state index is 13.7. The summed E-state index contributed by atoms with van der Waals surface area (Å²) >= 11 is 6.09. The van der Waals surface area contributed by atoms with Crippen molar-refractivity contribution in [2.75, 3.05) is 26.3 Å². The van der Waals surface area contributed by atoms with Crippen molar-refractivity contribution in [3.05, 3.63) is 77.4 Å². The van der Waals surface area contributed by atoms with E-state index in [2.05, 4.69) is 9.72 Å². The zero-order chi connectivity index (χ0) is 29.4. The van der Waals surface area contributed by atoms with Gasteiger partial charge in [-0.15, -0.1) is 13.2 Å². The third-order valence-electron chi connectivity index (χ3n) is 6.37. The number of halogens is 4. The number of fused-ring (bicyclic) bond motifs is 1. The predicted octanol–water partition coefficient (Wildman–Crippen LogP) is 4.95. The van der Waals surface area contributed by atoms with Gasteiger partial charge in [-0.05, 0) is 42.0 Å². The summed E-state index contributed by atoms with van der Waals surface area (Å²) in [5.41, 5.74) is 6.36. The molecule has 1 atom stereocenters. The van der Waals surface area contributed by atoms with E-state index in [1.807, 2.05) is 0 Å². The number of aromatic amines is 1. The van der Waals surface area contributed by atoms with Gasteiger partial charge in [0, 0.05) is 34.6 Å². The first-order valence-electron chi connectivity index (χ1n) is 12.2. The molecule has 0 spiro atoms. The average molecular weight is 610 g/mol. The topological polar surface area (TPSA) is 124 Å². The van der Waals surface area contributed by atoms with E-state index in [1.165, 1.54) is 28.6 Å². The number of morpholine rings is 1. The number of primary amides is 1. The number of carbonyl (C=O) groups is 1. The van der Waals surface area contributed by atoms with E-state index in [4.69, 9.17) is 26.8 Å². The molecular weight excluding hydrogens is 587 g/mol. The van der Waals surface area contributed by atoms with Crippen molar-refractivity contribution in [3.8, 4) is 22.6 Å². The summed E-state index contributed by atoms with van der Waals surface area (Å²) in [6, 6.07) is 16.7. The number of rotatable bonds is 8. The lowest BCUT2D eigenvalue weighted by atomic mass is 10.0. The lowest BCUT2D eigenvalue weighted by Gasteiger charge is -2.32. The van der Waals surface area contributed by atoms with Crippen molar-refractivity contribution in [1.82, 2.24) is 9.29 Å². The molecule has 216 valence electrons. The van der Waals surface area contributed by atoms with Crippen LogP contribution in [0.3, 0.4) is 0 Å². The van der Waals surface area contributed by atoms with Crippen molar-refractivity contribution in [2.24, 2.45) is 5.73 Å². The molecule has 0 unspecified atom stereocenters. The Labute approximate surface area is 237 Å². The number of alkyl halides is 3. The number of ether oxygens (including phenoxy) is 3. The summed E-state index contributed by atoms with van der Waals surface area (Å²) in [6.07, 6.45) is -5.48. The normalized spacial score (nSPS) is 16.5. The van der Waals surface area contributed by atoms with Gasteiger partial charge in [0.25, 0.3) is 5.91 Å². The van der Waals surface area contributed by atoms with Crippen LogP contribution in [-0.4, -0.2) is 62.4 Å². The van der Waals surface area contributed by atoms with E-state index < -0.39 is 28.4 Å². The molecule has 0 aliphatic carbocycles. The molecule has 4 aromatic rings. The fraction of sp³-hybridized carbons (Fsp3) is 0.222. The van der Waals surface area contributed by atoms with E-state index >= 15 is 0 Å². The standard InChI is InChI=1S/C27H23ClF3N3O6S/c28-17-7-10-22-21(13-17)25(24(33-22)26(32)35)41(36,37)34-11-12-38-19(14-34)15-39-18-8-5-16(6-9-18)20-3-1-2-4-23(20)40-27(29,30)31/h1-10,13,19,33H,11-12,14-15H2,(H2,32,35)/t19-/m0/s1. The molecule has 1 amide bonds. The summed E-state index contributed by atoms with van der Waals surface area (Å²) in [4.78, 5) is 14.6. The number of nitrogens with zero attached hydrogens (tertiary/aromatic N) is 1. The van der Waals surface area contributed by atoms with Gasteiger partial charge in [0.15, 0.2) is 0 Å². The van der Waals surface area contributed by atoms with Crippen LogP contribution in [0, 0.1) is 0 Å². The second-order valence-corrected chi connectivity index (χ2v) is 11.4. The first-order valence-corrected chi connectivity index (χ1v) is 14.0. The van der Waals surface area contributed by atoms with Crippen LogP contribution >= 0.6 is 11.6 Å². The quantitative estimate of drug-likeness (QED) is 0.291. The van der Waals surface area contributed by atoms with Crippen LogP contribution in [0.4, 0.5) is 13.2 Å². The summed E-state index contributed by atoms with van der Waals surface area (Å²) in [6.45, 7) is 0.0467. The van der Waals surface area contributed by atoms with Crippen molar-refractivity contribution < 1.29 is 40.6 Å². The number of sulfonamides is 1. The van der Waals surface area contributed by atoms with Gasteiger partial charge in [-0.25, -0.2) is 8.42 Å². The number of amides is 1. The van der Waals surface area contributed by atoms with Crippen LogP contribution in [0.5, 0.6) is 11.5 Å². The minimum Gasteiger partial charge on any atom is -0.491 e. The van der Waals surface area contributed by atoms with Crippen LogP contribution in [0.25, 0.3) is 22.0 Å². The van der Waals surface area contributed by atoms with E-state index in [9.17, 15) is 26.4 Å². The molecule has 3 N–H and O–H groups in total. The molecule has 5 rings (SSSR count). The largest absolute Gasteiger partial charge is 0.573 e. The van der Waals surface area contributed by atoms with Crippen molar-refractivity contribution in [3.63, 3.8) is 0 Å². The van der Waals surface area contributed by atoms with Crippen LogP contribution in [0.15, 0.2) is 71.6 Å². The number of aromatic nitrogens is 1. The van der Waals surface area contributed by atoms with Crippen LogP contribution in [0.1, 0.15) is 10.5 Å². The van der Waals surface area contributed by atoms with Gasteiger partial charge in [-0.1, -0.05) is 41.9 Å². The molecule has 41 heavy (non-hydrogen) atoms. The second kappa shape index (κ2) is 11.2. The Morgan fingerprint density at radius 2 is 1.85 bits per heavy atom. The van der Waals surface area contributed by atoms with E-state index in [-0.39, 0.29) is 53.6 Å². The average Bonchev–Trinajstić information content (AvgIpc) is 3.32. The lowest BCUT2D eigenvalue weighted by molar-refractivity contribution is -0.274. The minimum atomic E-state index is -4.83. The number of nitrogens with one attached hydrogen (secondary N) is 1. The molecule has 1 fully saturated rings. The Balaban J connectivity index is 1.29. The third-order valence-corrected chi connectivity index (χ3v) is 8.56. The van der Waals surface area contributed by atoms with Gasteiger partial charge in [-0.3, -0.25) is 4.79 Å². The molecule has 0 bridgehead atoms. The number of benzene rings is 3. The Kier molecular flexibility index (Phi) is 7.88. The van der Waals surface area contributed by atoms with Crippen LogP contribution in [0.2, 0.25) is 5.02 Å². The predicted molar refractivity (Wildman–Crippen MR) is 144 cm³/mol. The summed E-state index contributed by atoms with van der Waals surface area (Å²) < 4.78 is 82.5. The molecular formula is C27H23ClF3N3O6S. The maximum absolute atomic E-state index is 13.7. The third kappa shape index (κ3) is 6.27. The highest BCUT2D eigenvalue weighted by Gasteiger charge is 2.36. The first-order chi connectivity index (χ1) is 19.4. The second-order valence-electron chi connectivity index (χ2n) is 9.12. The molecule has 1 aliphatic rings. The summed E-state index contributed by atoms with van der Waals surface area (Å²) in [5.74, 6) is -0.864. The number of hydrogen-bond acceptors (Lipinski definition) is 6. The highest BCUT2D eigenvalue weighted by atomic mass is 35.5. The van der Waals surface area contributed by atoms with Gasteiger partial charge in [0.05, 0.1) is 6.61 Å². The van der Waals surface area contributed by atoms with Gasteiger partial charge in [-0.2, -0.15) is 4.31 Å². The number of carbonyl (C=O) groups excluding carboxylic acids is 1. The Hall–Kier alpha value is -3.78. The van der Waals surface area contributed by atoms with Gasteiger partial charge in [0.1, 0.15) is 34.8 Å². The summed E-state index contributed by atoms with van der Waals surface area (Å²) in [7, 11) is -4.19. The zero-order valence-corrected chi connectivity index (χ0v) is 22.7. The first kappa shape index (κ1) is 28.7. The number of H-pyrrole nitrogens is 1. The Morgan fingerprint density at radius 3 is 2.56 bits per heavy atom. The van der Waals surface area contributed by atoms with Gasteiger partial charge >= 0.3 is 6.36 Å². The van der Waals surface area contributed by atoms with E-state index in [1.54, 1.807) is 42.5 Å². The molecule has 1 aromatic heterocycles. The molecule has 9 nitrogen and oxygen atoms in total. The van der Waals surface area contributed by atoms with Crippen molar-refractivity contribution in [1.29, 1.82) is 0 Å². The maximum Gasteiger partial charge on any atom is 0.573 e. The SMILES string of the molecule is NC(=O)c1[nH]c2ccc(Cl)cc2c1S(=O)(=O)N1CCO[C@H](COc2ccc(-c3ccccc3OC(F)(F)F)cc2)C1. The molecule has 0 radical (unpaired) electrons. The molecule has 0 saturated carbocycles. The smallest absolute Gasteiger partial charge is 0.491 e. The number of nitrogens with two attached hydrogens (primary N) is 1. The number of hydrogen-bond donors (Lipinski definition) is 2. The molecule has 3 aromatic carbocycles. The molecule has 2 heterocycles. The molecule has 1 aliphatic heterocycles. The molecule has 1 saturated heterocycles. The van der Waals surface area contributed by atoms with E-state index in [0.29, 0.717) is 21.9 Å². The Bertz CT molecular complexity index is 1690. The van der Waals surface area contributed by atoms with E-state index in [0.717, 1.165) is 0 Å². The lowest BCUT2D eigenvalue weighted by Crippen LogP contribution is -2.47. The van der Waals surface area contributed by atoms with Gasteiger partial charge in [0.2, 0.25) is 10.0 Å². The van der Waals surface area contributed by atoms with Crippen molar-refractivity contribution in [2.45, 2.75) is 17.4 Å². The zero-order valence-electron chi connectivity index (χ0n) is 21.2. The van der Waals surface area contributed by atoms with Crippen LogP contribution < -0.4 is 15.2 Å².